The summed E-state index contributed by atoms with van der Waals surface area (Å²) in [4.78, 5) is 26.0. The van der Waals surface area contributed by atoms with Gasteiger partial charge in [-0.2, -0.15) is 0 Å². The van der Waals surface area contributed by atoms with Crippen molar-refractivity contribution in [3.63, 3.8) is 0 Å². The SMILES string of the molecule is CCn1cc(C(=O)O)c(=O)c2cc(F)c(N3CC(N)CC4(CC4)C3)c(C)c21. The van der Waals surface area contributed by atoms with Crippen LogP contribution in [0.1, 0.15) is 42.1 Å². The fraction of sp³-hybridized carbons (Fsp3) is 0.500. The average Bonchev–Trinajstić information content (AvgIpc) is 3.32. The van der Waals surface area contributed by atoms with Crippen molar-refractivity contribution in [2.45, 2.75) is 45.7 Å². The zero-order chi connectivity index (χ0) is 19.5. The molecule has 1 spiro atoms. The number of nitrogens with two attached hydrogens (primary N) is 1. The highest BCUT2D eigenvalue weighted by atomic mass is 19.1. The van der Waals surface area contributed by atoms with Crippen LogP contribution in [0.25, 0.3) is 10.9 Å². The second kappa shape index (κ2) is 6.05. The van der Waals surface area contributed by atoms with E-state index in [2.05, 4.69) is 0 Å². The van der Waals surface area contributed by atoms with Crippen molar-refractivity contribution in [2.75, 3.05) is 18.0 Å². The number of piperidine rings is 1. The third kappa shape index (κ3) is 2.81. The fourth-order valence-electron chi connectivity index (χ4n) is 4.66. The first kappa shape index (κ1) is 18.0. The molecule has 2 fully saturated rings. The summed E-state index contributed by atoms with van der Waals surface area (Å²) in [6, 6.07) is 1.19. The zero-order valence-electron chi connectivity index (χ0n) is 15.6. The molecule has 2 aliphatic rings. The van der Waals surface area contributed by atoms with Crippen LogP contribution in [0.4, 0.5) is 10.1 Å². The standard InChI is InChI=1S/C20H24FN3O3/c1-3-23-9-14(19(26)27)18(25)13-6-15(21)17(11(2)16(13)23)24-8-12(22)7-20(10-24)4-5-20/h6,9,12H,3-5,7-8,10,22H2,1-2H3,(H,26,27). The summed E-state index contributed by atoms with van der Waals surface area (Å²) in [5.41, 5.74) is 7.18. The van der Waals surface area contributed by atoms with Gasteiger partial charge < -0.3 is 20.3 Å². The highest BCUT2D eigenvalue weighted by Gasteiger charge is 2.48. The number of hydrogen-bond acceptors (Lipinski definition) is 4. The Bertz CT molecular complexity index is 1010. The van der Waals surface area contributed by atoms with Crippen LogP contribution in [-0.2, 0) is 6.54 Å². The molecule has 2 heterocycles. The first-order chi connectivity index (χ1) is 12.8. The Labute approximate surface area is 156 Å². The number of carbonyl (C=O) groups is 1. The number of rotatable bonds is 3. The third-order valence-corrected chi connectivity index (χ3v) is 6.05. The number of pyridine rings is 1. The Morgan fingerprint density at radius 1 is 1.44 bits per heavy atom. The topological polar surface area (TPSA) is 88.6 Å². The summed E-state index contributed by atoms with van der Waals surface area (Å²) < 4.78 is 16.9. The summed E-state index contributed by atoms with van der Waals surface area (Å²) in [6.07, 6.45) is 4.56. The number of nitrogens with zero attached hydrogens (tertiary/aromatic N) is 2. The Morgan fingerprint density at radius 3 is 2.74 bits per heavy atom. The van der Waals surface area contributed by atoms with Gasteiger partial charge in [0.1, 0.15) is 11.4 Å². The maximum atomic E-state index is 15.1. The minimum absolute atomic E-state index is 0.00139. The quantitative estimate of drug-likeness (QED) is 0.863. The van der Waals surface area contributed by atoms with E-state index < -0.39 is 17.2 Å². The van der Waals surface area contributed by atoms with Gasteiger partial charge in [0.2, 0.25) is 5.43 Å². The molecule has 6 nitrogen and oxygen atoms in total. The normalized spacial score (nSPS) is 21.0. The van der Waals surface area contributed by atoms with Crippen molar-refractivity contribution >= 4 is 22.6 Å². The van der Waals surface area contributed by atoms with Crippen LogP contribution in [0.5, 0.6) is 0 Å². The van der Waals surface area contributed by atoms with Gasteiger partial charge in [0, 0.05) is 37.3 Å². The second-order valence-corrected chi connectivity index (χ2v) is 8.04. The van der Waals surface area contributed by atoms with E-state index in [9.17, 15) is 14.7 Å². The maximum absolute atomic E-state index is 15.1. The zero-order valence-corrected chi connectivity index (χ0v) is 15.6. The van der Waals surface area contributed by atoms with Crippen LogP contribution in [0.3, 0.4) is 0 Å². The first-order valence-electron chi connectivity index (χ1n) is 9.36. The predicted octanol–water partition coefficient (Wildman–Crippen LogP) is 2.48. The number of halogens is 1. The van der Waals surface area contributed by atoms with Crippen LogP contribution in [0.15, 0.2) is 17.1 Å². The van der Waals surface area contributed by atoms with Gasteiger partial charge in [-0.3, -0.25) is 4.79 Å². The van der Waals surface area contributed by atoms with Crippen molar-refractivity contribution < 1.29 is 14.3 Å². The number of anilines is 1. The van der Waals surface area contributed by atoms with Crippen LogP contribution >= 0.6 is 0 Å². The number of aromatic nitrogens is 1. The van der Waals surface area contributed by atoms with Gasteiger partial charge in [0.05, 0.1) is 11.2 Å². The average molecular weight is 373 g/mol. The maximum Gasteiger partial charge on any atom is 0.341 e. The van der Waals surface area contributed by atoms with Gasteiger partial charge in [0.25, 0.3) is 0 Å². The number of hydrogen-bond donors (Lipinski definition) is 2. The Kier molecular flexibility index (Phi) is 4.03. The van der Waals surface area contributed by atoms with Crippen LogP contribution in [0, 0.1) is 18.2 Å². The minimum Gasteiger partial charge on any atom is -0.477 e. The van der Waals surface area contributed by atoms with Gasteiger partial charge in [-0.1, -0.05) is 0 Å². The molecule has 0 radical (unpaired) electrons. The molecule has 0 bridgehead atoms. The van der Waals surface area contributed by atoms with E-state index in [1.807, 2.05) is 11.8 Å². The summed E-state index contributed by atoms with van der Waals surface area (Å²) >= 11 is 0. The number of fused-ring (bicyclic) bond motifs is 1. The smallest absolute Gasteiger partial charge is 0.341 e. The molecule has 7 heteroatoms. The molecule has 2 aromatic rings. The Morgan fingerprint density at radius 2 is 2.15 bits per heavy atom. The fourth-order valence-corrected chi connectivity index (χ4v) is 4.66. The highest BCUT2D eigenvalue weighted by molar-refractivity contribution is 5.95. The molecule has 1 aromatic carbocycles. The van der Waals surface area contributed by atoms with Crippen molar-refractivity contribution in [3.05, 3.63) is 39.4 Å². The second-order valence-electron chi connectivity index (χ2n) is 8.04. The highest BCUT2D eigenvalue weighted by Crippen LogP contribution is 2.52. The Balaban J connectivity index is 1.94. The van der Waals surface area contributed by atoms with E-state index >= 15 is 4.39 Å². The number of carboxylic acids is 1. The van der Waals surface area contributed by atoms with E-state index in [1.165, 1.54) is 12.3 Å². The van der Waals surface area contributed by atoms with E-state index in [-0.39, 0.29) is 22.4 Å². The molecule has 144 valence electrons. The van der Waals surface area contributed by atoms with Gasteiger partial charge in [0.15, 0.2) is 0 Å². The van der Waals surface area contributed by atoms with Gasteiger partial charge in [-0.25, -0.2) is 9.18 Å². The van der Waals surface area contributed by atoms with E-state index in [0.717, 1.165) is 25.8 Å². The molecule has 1 aromatic heterocycles. The Hall–Kier alpha value is -2.41. The molecule has 1 saturated carbocycles. The summed E-state index contributed by atoms with van der Waals surface area (Å²) in [7, 11) is 0. The summed E-state index contributed by atoms with van der Waals surface area (Å²) in [6.45, 7) is 5.50. The number of aromatic carboxylic acids is 1. The van der Waals surface area contributed by atoms with Crippen molar-refractivity contribution in [1.82, 2.24) is 4.57 Å². The lowest BCUT2D eigenvalue weighted by atomic mass is 9.90. The molecule has 1 unspecified atom stereocenters. The van der Waals surface area contributed by atoms with E-state index in [4.69, 9.17) is 5.73 Å². The third-order valence-electron chi connectivity index (χ3n) is 6.05. The van der Waals surface area contributed by atoms with Crippen molar-refractivity contribution in [2.24, 2.45) is 11.1 Å². The molecule has 1 saturated heterocycles. The number of benzene rings is 1. The van der Waals surface area contributed by atoms with Gasteiger partial charge >= 0.3 is 5.97 Å². The molecule has 0 amide bonds. The van der Waals surface area contributed by atoms with Gasteiger partial charge in [-0.15, -0.1) is 0 Å². The van der Waals surface area contributed by atoms with Crippen molar-refractivity contribution in [3.8, 4) is 0 Å². The molecular formula is C20H24FN3O3. The lowest BCUT2D eigenvalue weighted by Crippen LogP contribution is -2.48. The molecule has 1 aliphatic carbocycles. The number of carboxylic acid groups (broad SMARTS) is 1. The van der Waals surface area contributed by atoms with Crippen LogP contribution in [-0.4, -0.2) is 34.8 Å². The van der Waals surface area contributed by atoms with Gasteiger partial charge in [-0.05, 0) is 50.2 Å². The molecule has 1 atom stereocenters. The molecule has 4 rings (SSSR count). The largest absolute Gasteiger partial charge is 0.477 e. The first-order valence-corrected chi connectivity index (χ1v) is 9.36. The monoisotopic (exact) mass is 373 g/mol. The lowest BCUT2D eigenvalue weighted by Gasteiger charge is -2.39. The predicted molar refractivity (Wildman–Crippen MR) is 102 cm³/mol. The molecule has 1 aliphatic heterocycles. The lowest BCUT2D eigenvalue weighted by molar-refractivity contribution is 0.0695. The van der Waals surface area contributed by atoms with Crippen LogP contribution < -0.4 is 16.1 Å². The minimum atomic E-state index is -1.30. The van der Waals surface area contributed by atoms with Crippen LogP contribution in [0.2, 0.25) is 0 Å². The van der Waals surface area contributed by atoms with E-state index in [1.54, 1.807) is 11.5 Å². The molecular weight excluding hydrogens is 349 g/mol. The summed E-state index contributed by atoms with van der Waals surface area (Å²) in [5, 5.41) is 9.42. The van der Waals surface area contributed by atoms with Crippen molar-refractivity contribution in [1.29, 1.82) is 0 Å². The summed E-state index contributed by atoms with van der Waals surface area (Å²) in [5.74, 6) is -1.80. The number of aryl methyl sites for hydroxylation is 2. The molecule has 27 heavy (non-hydrogen) atoms. The van der Waals surface area contributed by atoms with E-state index in [0.29, 0.717) is 29.9 Å². The molecule has 3 N–H and O–H groups in total.